The Labute approximate surface area is 100 Å². The number of carboxylic acids is 1. The highest BCUT2D eigenvalue weighted by molar-refractivity contribution is 5.77. The van der Waals surface area contributed by atoms with Gasteiger partial charge in [-0.3, -0.25) is 4.79 Å². The first-order valence-corrected chi connectivity index (χ1v) is 5.59. The molecule has 17 heavy (non-hydrogen) atoms. The van der Waals surface area contributed by atoms with Crippen molar-refractivity contribution < 1.29 is 9.90 Å². The fourth-order valence-corrected chi connectivity index (χ4v) is 2.10. The van der Waals surface area contributed by atoms with Gasteiger partial charge in [-0.2, -0.15) is 0 Å². The highest BCUT2D eigenvalue weighted by Gasteiger charge is 2.52. The van der Waals surface area contributed by atoms with Gasteiger partial charge in [0.25, 0.3) is 0 Å². The SMILES string of the molecule is CN(C)c1ccc(C2(C(N)C(=O)O)CC2)cn1. The Kier molecular flexibility index (Phi) is 2.79. The summed E-state index contributed by atoms with van der Waals surface area (Å²) >= 11 is 0. The number of aromatic nitrogens is 1. The molecule has 1 aliphatic carbocycles. The summed E-state index contributed by atoms with van der Waals surface area (Å²) < 4.78 is 0. The summed E-state index contributed by atoms with van der Waals surface area (Å²) in [5.74, 6) is -0.0902. The minimum atomic E-state index is -0.945. The van der Waals surface area contributed by atoms with Crippen molar-refractivity contribution in [2.24, 2.45) is 5.73 Å². The second-order valence-corrected chi connectivity index (χ2v) is 4.77. The number of aliphatic carboxylic acids is 1. The summed E-state index contributed by atoms with van der Waals surface area (Å²) in [5, 5.41) is 9.01. The van der Waals surface area contributed by atoms with Gasteiger partial charge in [-0.05, 0) is 24.5 Å². The van der Waals surface area contributed by atoms with E-state index in [0.717, 1.165) is 24.2 Å². The van der Waals surface area contributed by atoms with E-state index < -0.39 is 17.4 Å². The molecule has 2 rings (SSSR count). The molecule has 3 N–H and O–H groups in total. The third kappa shape index (κ3) is 1.98. The van der Waals surface area contributed by atoms with Gasteiger partial charge in [0.05, 0.1) is 0 Å². The highest BCUT2D eigenvalue weighted by atomic mass is 16.4. The molecule has 1 fully saturated rings. The van der Waals surface area contributed by atoms with Crippen LogP contribution < -0.4 is 10.6 Å². The second kappa shape index (κ2) is 4.00. The first-order valence-electron chi connectivity index (χ1n) is 5.59. The first-order chi connectivity index (χ1) is 7.97. The Morgan fingerprint density at radius 2 is 2.18 bits per heavy atom. The standard InChI is InChI=1S/C12H17N3O2/c1-15(2)9-4-3-8(7-14-9)12(5-6-12)10(13)11(16)17/h3-4,7,10H,5-6,13H2,1-2H3,(H,16,17). The van der Waals surface area contributed by atoms with Crippen molar-refractivity contribution in [2.75, 3.05) is 19.0 Å². The van der Waals surface area contributed by atoms with E-state index in [9.17, 15) is 4.79 Å². The molecule has 1 unspecified atom stereocenters. The molecule has 5 heteroatoms. The van der Waals surface area contributed by atoms with Crippen LogP contribution in [0, 0.1) is 0 Å². The molecular formula is C12H17N3O2. The lowest BCUT2D eigenvalue weighted by molar-refractivity contribution is -0.139. The van der Waals surface area contributed by atoms with Crippen molar-refractivity contribution in [3.63, 3.8) is 0 Å². The smallest absolute Gasteiger partial charge is 0.321 e. The molecule has 5 nitrogen and oxygen atoms in total. The first kappa shape index (κ1) is 11.9. The molecule has 92 valence electrons. The van der Waals surface area contributed by atoms with E-state index in [2.05, 4.69) is 4.98 Å². The van der Waals surface area contributed by atoms with E-state index in [1.165, 1.54) is 0 Å². The van der Waals surface area contributed by atoms with Gasteiger partial charge in [-0.15, -0.1) is 0 Å². The second-order valence-electron chi connectivity index (χ2n) is 4.77. The topological polar surface area (TPSA) is 79.5 Å². The number of nitrogens with zero attached hydrogens (tertiary/aromatic N) is 2. The van der Waals surface area contributed by atoms with Gasteiger partial charge in [0.15, 0.2) is 0 Å². The van der Waals surface area contributed by atoms with Gasteiger partial charge >= 0.3 is 5.97 Å². The minimum Gasteiger partial charge on any atom is -0.480 e. The fourth-order valence-electron chi connectivity index (χ4n) is 2.10. The van der Waals surface area contributed by atoms with Gasteiger partial charge in [0.1, 0.15) is 11.9 Å². The molecule has 1 heterocycles. The molecule has 0 aliphatic heterocycles. The van der Waals surface area contributed by atoms with Crippen LogP contribution in [-0.2, 0) is 10.2 Å². The van der Waals surface area contributed by atoms with Gasteiger partial charge in [0.2, 0.25) is 0 Å². The zero-order chi connectivity index (χ0) is 12.6. The predicted octanol–water partition coefficient (Wildman–Crippen LogP) is 0.591. The van der Waals surface area contributed by atoms with E-state index >= 15 is 0 Å². The number of anilines is 1. The zero-order valence-electron chi connectivity index (χ0n) is 10.1. The lowest BCUT2D eigenvalue weighted by atomic mass is 9.89. The van der Waals surface area contributed by atoms with Crippen LogP contribution in [0.5, 0.6) is 0 Å². The number of hydrogen-bond acceptors (Lipinski definition) is 4. The van der Waals surface area contributed by atoms with Crippen LogP contribution in [0.3, 0.4) is 0 Å². The molecule has 1 aromatic rings. The van der Waals surface area contributed by atoms with Crippen molar-refractivity contribution in [2.45, 2.75) is 24.3 Å². The predicted molar refractivity (Wildman–Crippen MR) is 65.1 cm³/mol. The summed E-state index contributed by atoms with van der Waals surface area (Å²) in [4.78, 5) is 17.2. The molecule has 0 aromatic carbocycles. The Balaban J connectivity index is 2.26. The van der Waals surface area contributed by atoms with Crippen LogP contribution in [0.2, 0.25) is 0 Å². The van der Waals surface area contributed by atoms with E-state index in [-0.39, 0.29) is 0 Å². The third-order valence-corrected chi connectivity index (χ3v) is 3.43. The van der Waals surface area contributed by atoms with Crippen LogP contribution in [-0.4, -0.2) is 36.2 Å². The van der Waals surface area contributed by atoms with E-state index in [1.54, 1.807) is 6.20 Å². The number of rotatable bonds is 4. The van der Waals surface area contributed by atoms with Crippen LogP contribution in [0.1, 0.15) is 18.4 Å². The molecule has 0 saturated heterocycles. The van der Waals surface area contributed by atoms with Crippen molar-refractivity contribution in [3.05, 3.63) is 23.9 Å². The Bertz CT molecular complexity index is 424. The van der Waals surface area contributed by atoms with Gasteiger partial charge in [-0.1, -0.05) is 6.07 Å². The number of carbonyl (C=O) groups is 1. The number of carboxylic acid groups (broad SMARTS) is 1. The maximum absolute atomic E-state index is 11.0. The Morgan fingerprint density at radius 3 is 2.53 bits per heavy atom. The van der Waals surface area contributed by atoms with Crippen LogP contribution in [0.4, 0.5) is 5.82 Å². The Morgan fingerprint density at radius 1 is 1.53 bits per heavy atom. The number of hydrogen-bond donors (Lipinski definition) is 2. The van der Waals surface area contributed by atoms with Gasteiger partial charge in [0, 0.05) is 25.7 Å². The molecule has 0 radical (unpaired) electrons. The molecule has 1 saturated carbocycles. The maximum atomic E-state index is 11.0. The molecule has 1 aliphatic rings. The minimum absolute atomic E-state index is 0.399. The van der Waals surface area contributed by atoms with Crippen molar-refractivity contribution in [1.82, 2.24) is 4.98 Å². The van der Waals surface area contributed by atoms with Crippen LogP contribution in [0.25, 0.3) is 0 Å². The monoisotopic (exact) mass is 235 g/mol. The summed E-state index contributed by atoms with van der Waals surface area (Å²) in [6, 6.07) is 2.98. The van der Waals surface area contributed by atoms with Gasteiger partial charge in [-0.25, -0.2) is 4.98 Å². The summed E-state index contributed by atoms with van der Waals surface area (Å²) in [6.45, 7) is 0. The number of nitrogens with two attached hydrogens (primary N) is 1. The molecule has 1 atom stereocenters. The highest BCUT2D eigenvalue weighted by Crippen LogP contribution is 2.50. The zero-order valence-corrected chi connectivity index (χ0v) is 10.1. The lowest BCUT2D eigenvalue weighted by Gasteiger charge is -2.20. The summed E-state index contributed by atoms with van der Waals surface area (Å²) in [5.41, 5.74) is 6.28. The van der Waals surface area contributed by atoms with Crippen LogP contribution in [0.15, 0.2) is 18.3 Å². The molecule has 0 bridgehead atoms. The molecule has 1 aromatic heterocycles. The third-order valence-electron chi connectivity index (χ3n) is 3.43. The normalized spacial score (nSPS) is 18.5. The van der Waals surface area contributed by atoms with E-state index in [1.807, 2.05) is 31.1 Å². The molecular weight excluding hydrogens is 218 g/mol. The average molecular weight is 235 g/mol. The fraction of sp³-hybridized carbons (Fsp3) is 0.500. The van der Waals surface area contributed by atoms with E-state index in [0.29, 0.717) is 0 Å². The maximum Gasteiger partial charge on any atom is 0.321 e. The number of pyridine rings is 1. The molecule has 0 spiro atoms. The Hall–Kier alpha value is -1.62. The molecule has 0 amide bonds. The van der Waals surface area contributed by atoms with E-state index in [4.69, 9.17) is 10.8 Å². The quantitative estimate of drug-likeness (QED) is 0.798. The average Bonchev–Trinajstić information content (AvgIpc) is 3.09. The summed E-state index contributed by atoms with van der Waals surface area (Å²) in [7, 11) is 3.83. The van der Waals surface area contributed by atoms with Crippen molar-refractivity contribution in [3.8, 4) is 0 Å². The largest absolute Gasteiger partial charge is 0.480 e. The van der Waals surface area contributed by atoms with Crippen molar-refractivity contribution in [1.29, 1.82) is 0 Å². The van der Waals surface area contributed by atoms with Gasteiger partial charge < -0.3 is 15.7 Å². The lowest BCUT2D eigenvalue weighted by Crippen LogP contribution is -2.42. The summed E-state index contributed by atoms with van der Waals surface area (Å²) in [6.07, 6.45) is 3.39. The van der Waals surface area contributed by atoms with Crippen molar-refractivity contribution >= 4 is 11.8 Å². The van der Waals surface area contributed by atoms with Crippen LogP contribution >= 0.6 is 0 Å².